The van der Waals surface area contributed by atoms with Crippen molar-refractivity contribution in [1.29, 1.82) is 0 Å². The quantitative estimate of drug-likeness (QED) is 0.619. The van der Waals surface area contributed by atoms with E-state index in [4.69, 9.17) is 0 Å². The molecule has 0 unspecified atom stereocenters. The molecule has 1 fully saturated rings. The molecule has 9 nitrogen and oxygen atoms in total. The van der Waals surface area contributed by atoms with Crippen LogP contribution in [0, 0.1) is 0 Å². The Labute approximate surface area is 171 Å². The second-order valence-electron chi connectivity index (χ2n) is 7.24. The van der Waals surface area contributed by atoms with Gasteiger partial charge in [-0.15, -0.1) is 0 Å². The van der Waals surface area contributed by atoms with Crippen LogP contribution in [0.3, 0.4) is 0 Å². The molecule has 0 N–H and O–H groups in total. The molecule has 0 saturated carbocycles. The molecular formula is C21H18N6O3. The lowest BCUT2D eigenvalue weighted by atomic mass is 10.1. The predicted molar refractivity (Wildman–Crippen MR) is 108 cm³/mol. The minimum atomic E-state index is -0.884. The Balaban J connectivity index is 1.43. The largest absolute Gasteiger partial charge is 0.271 e. The standard InChI is InChI=1S/C21H18N6O3/c1-2-13-6-8-15(9-7-13)27-20(29)18-19(21(27)30)26(24-23-18)12-14-11-17(28)25-10-4-3-5-16(25)22-14/h3-11,18-19H,2,12H2,1H3/t18-,19+/m1/s1. The number of imide groups is 1. The van der Waals surface area contributed by atoms with Crippen LogP contribution in [0.25, 0.3) is 5.65 Å². The van der Waals surface area contributed by atoms with E-state index in [2.05, 4.69) is 15.3 Å². The summed E-state index contributed by atoms with van der Waals surface area (Å²) in [5.41, 5.74) is 2.37. The van der Waals surface area contributed by atoms with Gasteiger partial charge in [0, 0.05) is 12.3 Å². The third-order valence-electron chi connectivity index (χ3n) is 5.41. The third kappa shape index (κ3) is 2.78. The fraction of sp³-hybridized carbons (Fsp3) is 0.238. The Morgan fingerprint density at radius 3 is 2.57 bits per heavy atom. The van der Waals surface area contributed by atoms with E-state index in [9.17, 15) is 14.4 Å². The summed E-state index contributed by atoms with van der Waals surface area (Å²) >= 11 is 0. The number of nitrogens with zero attached hydrogens (tertiary/aromatic N) is 6. The van der Waals surface area contributed by atoms with Crippen LogP contribution in [-0.4, -0.2) is 38.3 Å². The average molecular weight is 402 g/mol. The number of aromatic nitrogens is 2. The van der Waals surface area contributed by atoms with Gasteiger partial charge >= 0.3 is 0 Å². The van der Waals surface area contributed by atoms with Crippen molar-refractivity contribution in [2.45, 2.75) is 32.0 Å². The Hall–Kier alpha value is -3.88. The number of anilines is 1. The normalized spacial score (nSPS) is 20.4. The lowest BCUT2D eigenvalue weighted by Gasteiger charge is -2.20. The van der Waals surface area contributed by atoms with Crippen molar-refractivity contribution in [3.05, 3.63) is 76.3 Å². The van der Waals surface area contributed by atoms with Gasteiger partial charge in [0.15, 0.2) is 12.1 Å². The maximum atomic E-state index is 13.1. The van der Waals surface area contributed by atoms with Gasteiger partial charge in [0.1, 0.15) is 5.65 Å². The molecule has 4 heterocycles. The molecule has 150 valence electrons. The van der Waals surface area contributed by atoms with E-state index in [0.717, 1.165) is 12.0 Å². The topological polar surface area (TPSA) is 99.7 Å². The van der Waals surface area contributed by atoms with Crippen LogP contribution in [0.2, 0.25) is 0 Å². The van der Waals surface area contributed by atoms with E-state index < -0.39 is 18.0 Å². The van der Waals surface area contributed by atoms with Gasteiger partial charge < -0.3 is 0 Å². The number of rotatable bonds is 4. The highest BCUT2D eigenvalue weighted by Gasteiger charge is 2.54. The van der Waals surface area contributed by atoms with Crippen LogP contribution < -0.4 is 10.5 Å². The van der Waals surface area contributed by atoms with E-state index in [1.807, 2.05) is 19.1 Å². The molecule has 2 atom stereocenters. The molecule has 5 rings (SSSR count). The Morgan fingerprint density at radius 2 is 1.80 bits per heavy atom. The zero-order valence-electron chi connectivity index (χ0n) is 16.2. The van der Waals surface area contributed by atoms with Gasteiger partial charge in [0.05, 0.1) is 17.9 Å². The van der Waals surface area contributed by atoms with Crippen molar-refractivity contribution in [2.75, 3.05) is 4.90 Å². The molecular weight excluding hydrogens is 384 g/mol. The van der Waals surface area contributed by atoms with Crippen LogP contribution in [0.15, 0.2) is 69.9 Å². The number of fused-ring (bicyclic) bond motifs is 2. The number of carbonyl (C=O) groups is 2. The smallest absolute Gasteiger partial charge is 0.263 e. The van der Waals surface area contributed by atoms with Crippen molar-refractivity contribution in [1.82, 2.24) is 14.4 Å². The molecule has 2 aliphatic heterocycles. The maximum Gasteiger partial charge on any atom is 0.263 e. The van der Waals surface area contributed by atoms with E-state index in [1.54, 1.807) is 36.5 Å². The van der Waals surface area contributed by atoms with E-state index in [1.165, 1.54) is 20.4 Å². The minimum absolute atomic E-state index is 0.104. The highest BCUT2D eigenvalue weighted by atomic mass is 16.2. The van der Waals surface area contributed by atoms with Crippen LogP contribution in [-0.2, 0) is 22.6 Å². The van der Waals surface area contributed by atoms with Crippen molar-refractivity contribution in [3.8, 4) is 0 Å². The van der Waals surface area contributed by atoms with Crippen LogP contribution in [0.1, 0.15) is 18.2 Å². The van der Waals surface area contributed by atoms with Crippen LogP contribution >= 0.6 is 0 Å². The zero-order chi connectivity index (χ0) is 20.8. The number of benzene rings is 1. The number of amides is 2. The summed E-state index contributed by atoms with van der Waals surface area (Å²) in [6.07, 6.45) is 2.51. The Kier molecular flexibility index (Phi) is 4.16. The lowest BCUT2D eigenvalue weighted by molar-refractivity contribution is -0.123. The first-order chi connectivity index (χ1) is 14.6. The summed E-state index contributed by atoms with van der Waals surface area (Å²) in [5.74, 6) is -0.774. The molecule has 30 heavy (non-hydrogen) atoms. The first-order valence-corrected chi connectivity index (χ1v) is 9.68. The van der Waals surface area contributed by atoms with Gasteiger partial charge in [-0.25, -0.2) is 9.88 Å². The highest BCUT2D eigenvalue weighted by Crippen LogP contribution is 2.32. The fourth-order valence-electron chi connectivity index (χ4n) is 3.84. The highest BCUT2D eigenvalue weighted by molar-refractivity contribution is 6.25. The summed E-state index contributed by atoms with van der Waals surface area (Å²) in [6.45, 7) is 2.14. The summed E-state index contributed by atoms with van der Waals surface area (Å²) in [4.78, 5) is 43.9. The minimum Gasteiger partial charge on any atom is -0.271 e. The molecule has 0 spiro atoms. The number of hydrogen-bond donors (Lipinski definition) is 0. The number of hydrogen-bond acceptors (Lipinski definition) is 7. The van der Waals surface area contributed by atoms with E-state index >= 15 is 0 Å². The molecule has 0 radical (unpaired) electrons. The summed E-state index contributed by atoms with van der Waals surface area (Å²) in [7, 11) is 0. The monoisotopic (exact) mass is 402 g/mol. The molecule has 2 aliphatic rings. The van der Waals surface area contributed by atoms with Crippen LogP contribution in [0.4, 0.5) is 5.69 Å². The molecule has 0 aliphatic carbocycles. The van der Waals surface area contributed by atoms with Gasteiger partial charge in [0.2, 0.25) is 0 Å². The molecule has 2 amide bonds. The van der Waals surface area contributed by atoms with Gasteiger partial charge in [-0.3, -0.25) is 23.8 Å². The van der Waals surface area contributed by atoms with E-state index in [-0.39, 0.29) is 18.0 Å². The third-order valence-corrected chi connectivity index (χ3v) is 5.41. The molecule has 1 saturated heterocycles. The summed E-state index contributed by atoms with van der Waals surface area (Å²) in [5, 5.41) is 9.49. The molecule has 1 aromatic carbocycles. The number of aryl methyl sites for hydroxylation is 1. The second-order valence-corrected chi connectivity index (χ2v) is 7.24. The van der Waals surface area contributed by atoms with Crippen molar-refractivity contribution < 1.29 is 9.59 Å². The van der Waals surface area contributed by atoms with Crippen molar-refractivity contribution >= 4 is 23.1 Å². The zero-order valence-corrected chi connectivity index (χ0v) is 16.2. The lowest BCUT2D eigenvalue weighted by Crippen LogP contribution is -2.39. The second kappa shape index (κ2) is 6.87. The van der Waals surface area contributed by atoms with Gasteiger partial charge in [-0.1, -0.05) is 30.3 Å². The molecule has 2 aromatic heterocycles. The Morgan fingerprint density at radius 1 is 1.00 bits per heavy atom. The molecule has 3 aromatic rings. The predicted octanol–water partition coefficient (Wildman–Crippen LogP) is 1.75. The summed E-state index contributed by atoms with van der Waals surface area (Å²) in [6, 6.07) is 12.3. The maximum absolute atomic E-state index is 13.1. The SMILES string of the molecule is CCc1ccc(N2C(=O)[C@@H]3[C@@H](N=NN3Cc3cc(=O)n4ccccc4n3)C2=O)cc1. The van der Waals surface area contributed by atoms with Crippen LogP contribution in [0.5, 0.6) is 0 Å². The number of pyridine rings is 1. The summed E-state index contributed by atoms with van der Waals surface area (Å²) < 4.78 is 1.43. The van der Waals surface area contributed by atoms with Crippen molar-refractivity contribution in [2.24, 2.45) is 10.3 Å². The fourth-order valence-corrected chi connectivity index (χ4v) is 3.84. The van der Waals surface area contributed by atoms with Gasteiger partial charge in [0.25, 0.3) is 17.4 Å². The van der Waals surface area contributed by atoms with Crippen molar-refractivity contribution in [3.63, 3.8) is 0 Å². The molecule has 0 bridgehead atoms. The average Bonchev–Trinajstić information content (AvgIpc) is 3.28. The van der Waals surface area contributed by atoms with Gasteiger partial charge in [-0.05, 0) is 36.2 Å². The van der Waals surface area contributed by atoms with Gasteiger partial charge in [-0.2, -0.15) is 5.11 Å². The Bertz CT molecular complexity index is 1250. The number of carbonyl (C=O) groups excluding carboxylic acids is 2. The first kappa shape index (κ1) is 18.2. The molecule has 9 heteroatoms. The first-order valence-electron chi connectivity index (χ1n) is 9.68. The van der Waals surface area contributed by atoms with E-state index in [0.29, 0.717) is 17.0 Å².